The minimum atomic E-state index is 0.102. The SMILES string of the molecule is CCCc1nc2c(N)nc3ccccc3c2n1CCC(=O)N(C)C. The molecule has 2 heterocycles. The molecule has 3 aromatic rings. The maximum atomic E-state index is 12.0. The molecule has 0 radical (unpaired) electrons. The predicted octanol–water partition coefficient (Wildman–Crippen LogP) is 2.60. The lowest BCUT2D eigenvalue weighted by atomic mass is 10.2. The molecule has 0 bridgehead atoms. The highest BCUT2D eigenvalue weighted by Gasteiger charge is 2.17. The number of fused-ring (bicyclic) bond motifs is 3. The summed E-state index contributed by atoms with van der Waals surface area (Å²) in [5.41, 5.74) is 8.71. The lowest BCUT2D eigenvalue weighted by molar-refractivity contribution is -0.128. The lowest BCUT2D eigenvalue weighted by Gasteiger charge is -2.13. The van der Waals surface area contributed by atoms with Gasteiger partial charge in [-0.2, -0.15) is 0 Å². The molecule has 0 fully saturated rings. The molecule has 6 nitrogen and oxygen atoms in total. The quantitative estimate of drug-likeness (QED) is 0.782. The number of carbonyl (C=O) groups is 1. The van der Waals surface area contributed by atoms with Gasteiger partial charge in [-0.3, -0.25) is 4.79 Å². The van der Waals surface area contributed by atoms with Crippen molar-refractivity contribution in [2.75, 3.05) is 19.8 Å². The zero-order valence-corrected chi connectivity index (χ0v) is 14.4. The van der Waals surface area contributed by atoms with E-state index in [4.69, 9.17) is 10.7 Å². The fourth-order valence-corrected chi connectivity index (χ4v) is 2.99. The average molecular weight is 325 g/mol. The molecule has 24 heavy (non-hydrogen) atoms. The molecule has 1 amide bonds. The Hall–Kier alpha value is -2.63. The third kappa shape index (κ3) is 2.79. The normalized spacial score (nSPS) is 11.3. The molecular formula is C18H23N5O. The Labute approximate surface area is 141 Å². The van der Waals surface area contributed by atoms with Gasteiger partial charge in [0.05, 0.1) is 11.0 Å². The molecule has 1 aromatic carbocycles. The molecule has 0 saturated carbocycles. The van der Waals surface area contributed by atoms with Gasteiger partial charge in [0.25, 0.3) is 0 Å². The monoisotopic (exact) mass is 325 g/mol. The van der Waals surface area contributed by atoms with E-state index >= 15 is 0 Å². The first-order chi connectivity index (χ1) is 11.5. The fourth-order valence-electron chi connectivity index (χ4n) is 2.99. The number of para-hydroxylation sites is 1. The van der Waals surface area contributed by atoms with Crippen molar-refractivity contribution in [3.63, 3.8) is 0 Å². The second-order valence-corrected chi connectivity index (χ2v) is 6.18. The summed E-state index contributed by atoms with van der Waals surface area (Å²) in [6.45, 7) is 2.71. The average Bonchev–Trinajstić information content (AvgIpc) is 2.92. The van der Waals surface area contributed by atoms with Gasteiger partial charge in [-0.15, -0.1) is 0 Å². The molecule has 2 aromatic heterocycles. The number of nitrogens with zero attached hydrogens (tertiary/aromatic N) is 4. The smallest absolute Gasteiger partial charge is 0.223 e. The molecule has 0 spiro atoms. The Morgan fingerprint density at radius 2 is 2.00 bits per heavy atom. The highest BCUT2D eigenvalue weighted by molar-refractivity contribution is 6.06. The van der Waals surface area contributed by atoms with Crippen LogP contribution in [0.15, 0.2) is 24.3 Å². The van der Waals surface area contributed by atoms with Crippen LogP contribution in [0.5, 0.6) is 0 Å². The van der Waals surface area contributed by atoms with Crippen molar-refractivity contribution >= 4 is 33.7 Å². The van der Waals surface area contributed by atoms with Gasteiger partial charge in [0.15, 0.2) is 5.82 Å². The summed E-state index contributed by atoms with van der Waals surface area (Å²) >= 11 is 0. The van der Waals surface area contributed by atoms with Crippen LogP contribution >= 0.6 is 0 Å². The topological polar surface area (TPSA) is 77.0 Å². The van der Waals surface area contributed by atoms with E-state index in [-0.39, 0.29) is 5.91 Å². The molecule has 0 saturated heterocycles. The van der Waals surface area contributed by atoms with Crippen LogP contribution in [0.3, 0.4) is 0 Å². The summed E-state index contributed by atoms with van der Waals surface area (Å²) < 4.78 is 2.14. The number of aryl methyl sites for hydroxylation is 2. The number of carbonyl (C=O) groups excluding carboxylic acids is 1. The number of hydrogen-bond donors (Lipinski definition) is 1. The zero-order valence-electron chi connectivity index (χ0n) is 14.4. The van der Waals surface area contributed by atoms with E-state index in [1.54, 1.807) is 19.0 Å². The van der Waals surface area contributed by atoms with Gasteiger partial charge in [-0.1, -0.05) is 25.1 Å². The van der Waals surface area contributed by atoms with Crippen molar-refractivity contribution in [3.8, 4) is 0 Å². The third-order valence-electron chi connectivity index (χ3n) is 4.21. The Morgan fingerprint density at radius 1 is 1.25 bits per heavy atom. The summed E-state index contributed by atoms with van der Waals surface area (Å²) in [6.07, 6.45) is 2.26. The minimum Gasteiger partial charge on any atom is -0.382 e. The maximum absolute atomic E-state index is 12.0. The summed E-state index contributed by atoms with van der Waals surface area (Å²) in [5, 5.41) is 1.02. The van der Waals surface area contributed by atoms with E-state index in [0.717, 1.165) is 40.6 Å². The van der Waals surface area contributed by atoms with Gasteiger partial charge in [0.1, 0.15) is 11.3 Å². The number of aromatic nitrogens is 3. The molecule has 6 heteroatoms. The molecule has 0 aliphatic rings. The number of benzene rings is 1. The van der Waals surface area contributed by atoms with Crippen molar-refractivity contribution in [2.45, 2.75) is 32.7 Å². The van der Waals surface area contributed by atoms with E-state index in [1.807, 2.05) is 24.3 Å². The van der Waals surface area contributed by atoms with E-state index < -0.39 is 0 Å². The summed E-state index contributed by atoms with van der Waals surface area (Å²) in [7, 11) is 3.55. The lowest BCUT2D eigenvalue weighted by Crippen LogP contribution is -2.23. The van der Waals surface area contributed by atoms with Gasteiger partial charge < -0.3 is 15.2 Å². The van der Waals surface area contributed by atoms with Gasteiger partial charge in [-0.25, -0.2) is 9.97 Å². The molecule has 0 atom stereocenters. The van der Waals surface area contributed by atoms with Crippen molar-refractivity contribution in [1.29, 1.82) is 0 Å². The van der Waals surface area contributed by atoms with Crippen LogP contribution in [-0.4, -0.2) is 39.4 Å². The predicted molar refractivity (Wildman–Crippen MR) is 96.8 cm³/mol. The number of rotatable bonds is 5. The number of nitrogen functional groups attached to an aromatic ring is 1. The number of nitrogens with two attached hydrogens (primary N) is 1. The Balaban J connectivity index is 2.19. The van der Waals surface area contributed by atoms with Crippen molar-refractivity contribution < 1.29 is 4.79 Å². The number of amides is 1. The van der Waals surface area contributed by atoms with Gasteiger partial charge in [0, 0.05) is 38.9 Å². The van der Waals surface area contributed by atoms with Gasteiger partial charge >= 0.3 is 0 Å². The molecule has 3 rings (SSSR count). The van der Waals surface area contributed by atoms with Crippen molar-refractivity contribution in [1.82, 2.24) is 19.4 Å². The molecular weight excluding hydrogens is 302 g/mol. The summed E-state index contributed by atoms with van der Waals surface area (Å²) in [5.74, 6) is 1.51. The van der Waals surface area contributed by atoms with Crippen LogP contribution in [0, 0.1) is 0 Å². The van der Waals surface area contributed by atoms with Crippen LogP contribution in [0.1, 0.15) is 25.6 Å². The molecule has 0 aliphatic carbocycles. The first-order valence-electron chi connectivity index (χ1n) is 8.26. The first-order valence-corrected chi connectivity index (χ1v) is 8.26. The molecule has 0 unspecified atom stereocenters. The number of imidazole rings is 1. The second kappa shape index (κ2) is 6.47. The number of anilines is 1. The van der Waals surface area contributed by atoms with Crippen molar-refractivity contribution in [3.05, 3.63) is 30.1 Å². The molecule has 126 valence electrons. The van der Waals surface area contributed by atoms with Gasteiger partial charge in [-0.05, 0) is 12.5 Å². The van der Waals surface area contributed by atoms with Crippen LogP contribution in [0.2, 0.25) is 0 Å². The van der Waals surface area contributed by atoms with Gasteiger partial charge in [0.2, 0.25) is 5.91 Å². The number of pyridine rings is 1. The third-order valence-corrected chi connectivity index (χ3v) is 4.21. The Bertz CT molecular complexity index is 897. The van der Waals surface area contributed by atoms with E-state index in [1.165, 1.54) is 0 Å². The summed E-state index contributed by atoms with van der Waals surface area (Å²) in [4.78, 5) is 22.8. The van der Waals surface area contributed by atoms with Crippen LogP contribution < -0.4 is 5.73 Å². The van der Waals surface area contributed by atoms with Crippen LogP contribution in [0.25, 0.3) is 21.9 Å². The van der Waals surface area contributed by atoms with Crippen LogP contribution in [-0.2, 0) is 17.8 Å². The van der Waals surface area contributed by atoms with E-state index in [9.17, 15) is 4.79 Å². The highest BCUT2D eigenvalue weighted by atomic mass is 16.2. The Kier molecular flexibility index (Phi) is 4.38. The first kappa shape index (κ1) is 16.2. The minimum absolute atomic E-state index is 0.102. The second-order valence-electron chi connectivity index (χ2n) is 6.18. The standard InChI is InChI=1S/C18H23N5O/c1-4-7-14-21-16-17(23(14)11-10-15(24)22(2)3)12-8-5-6-9-13(12)20-18(16)19/h5-6,8-9H,4,7,10-11H2,1-3H3,(H2,19,20). The highest BCUT2D eigenvalue weighted by Crippen LogP contribution is 2.29. The van der Waals surface area contributed by atoms with E-state index in [2.05, 4.69) is 16.5 Å². The zero-order chi connectivity index (χ0) is 17.3. The summed E-state index contributed by atoms with van der Waals surface area (Å²) in [6, 6.07) is 7.92. The largest absolute Gasteiger partial charge is 0.382 e. The molecule has 2 N–H and O–H groups in total. The fraction of sp³-hybridized carbons (Fsp3) is 0.389. The maximum Gasteiger partial charge on any atom is 0.223 e. The molecule has 0 aliphatic heterocycles. The van der Waals surface area contributed by atoms with Crippen molar-refractivity contribution in [2.24, 2.45) is 0 Å². The van der Waals surface area contributed by atoms with E-state index in [0.29, 0.717) is 18.8 Å². The van der Waals surface area contributed by atoms with Crippen LogP contribution in [0.4, 0.5) is 5.82 Å². The Morgan fingerprint density at radius 3 is 2.71 bits per heavy atom. The number of hydrogen-bond acceptors (Lipinski definition) is 4.